The standard InChI is InChI=1S/C19H21FN2O3S/c1-2-21-19(23)13-18-17-6-4-3-5-14(17)11-12-22(18)26(24,25)16-9-7-15(20)8-10-16/h3-10,18H,2,11-13H2,1H3,(H,21,23). The van der Waals surface area contributed by atoms with E-state index >= 15 is 0 Å². The second-order valence-electron chi connectivity index (χ2n) is 6.19. The van der Waals surface area contributed by atoms with Crippen LogP contribution in [0.4, 0.5) is 4.39 Å². The topological polar surface area (TPSA) is 66.5 Å². The molecule has 0 aliphatic carbocycles. The van der Waals surface area contributed by atoms with Crippen molar-refractivity contribution in [3.63, 3.8) is 0 Å². The number of carbonyl (C=O) groups is 1. The predicted octanol–water partition coefficient (Wildman–Crippen LogP) is 2.64. The van der Waals surface area contributed by atoms with Crippen LogP contribution in [0.15, 0.2) is 53.4 Å². The van der Waals surface area contributed by atoms with Crippen molar-refractivity contribution < 1.29 is 17.6 Å². The van der Waals surface area contributed by atoms with Crippen LogP contribution in [0.25, 0.3) is 0 Å². The highest BCUT2D eigenvalue weighted by atomic mass is 32.2. The summed E-state index contributed by atoms with van der Waals surface area (Å²) in [5.41, 5.74) is 1.89. The first-order chi connectivity index (χ1) is 12.4. The third kappa shape index (κ3) is 3.64. The molecule has 1 heterocycles. The van der Waals surface area contributed by atoms with Crippen LogP contribution < -0.4 is 5.32 Å². The highest BCUT2D eigenvalue weighted by Crippen LogP contribution is 2.36. The average Bonchev–Trinajstić information content (AvgIpc) is 2.62. The number of hydrogen-bond acceptors (Lipinski definition) is 3. The van der Waals surface area contributed by atoms with Gasteiger partial charge in [-0.2, -0.15) is 4.31 Å². The summed E-state index contributed by atoms with van der Waals surface area (Å²) >= 11 is 0. The van der Waals surface area contributed by atoms with Crippen molar-refractivity contribution in [2.75, 3.05) is 13.1 Å². The van der Waals surface area contributed by atoms with Gasteiger partial charge in [-0.05, 0) is 48.7 Å². The molecule has 2 aromatic carbocycles. The van der Waals surface area contributed by atoms with E-state index in [-0.39, 0.29) is 23.8 Å². The Kier molecular flexibility index (Phi) is 5.38. The van der Waals surface area contributed by atoms with Crippen LogP contribution in [0, 0.1) is 5.82 Å². The van der Waals surface area contributed by atoms with E-state index in [0.717, 1.165) is 23.3 Å². The van der Waals surface area contributed by atoms with Crippen molar-refractivity contribution in [3.8, 4) is 0 Å². The third-order valence-electron chi connectivity index (χ3n) is 4.54. The minimum Gasteiger partial charge on any atom is -0.356 e. The molecule has 7 heteroatoms. The van der Waals surface area contributed by atoms with Crippen molar-refractivity contribution >= 4 is 15.9 Å². The number of nitrogens with zero attached hydrogens (tertiary/aromatic N) is 1. The van der Waals surface area contributed by atoms with Gasteiger partial charge in [0.05, 0.1) is 10.9 Å². The van der Waals surface area contributed by atoms with Gasteiger partial charge in [0.2, 0.25) is 15.9 Å². The van der Waals surface area contributed by atoms with Crippen LogP contribution in [-0.4, -0.2) is 31.7 Å². The molecule has 1 N–H and O–H groups in total. The maximum Gasteiger partial charge on any atom is 0.243 e. The van der Waals surface area contributed by atoms with Crippen molar-refractivity contribution in [2.45, 2.75) is 30.7 Å². The van der Waals surface area contributed by atoms with Gasteiger partial charge in [0.15, 0.2) is 0 Å². The quantitative estimate of drug-likeness (QED) is 0.872. The minimum absolute atomic E-state index is 0.0270. The first-order valence-corrected chi connectivity index (χ1v) is 9.99. The molecule has 0 fully saturated rings. The molecular formula is C19H21FN2O3S. The molecule has 0 bridgehead atoms. The number of halogens is 1. The van der Waals surface area contributed by atoms with Crippen LogP contribution in [-0.2, 0) is 21.2 Å². The lowest BCUT2D eigenvalue weighted by Gasteiger charge is -2.36. The Morgan fingerprint density at radius 2 is 1.88 bits per heavy atom. The lowest BCUT2D eigenvalue weighted by Crippen LogP contribution is -2.42. The van der Waals surface area contributed by atoms with Crippen molar-refractivity contribution in [2.24, 2.45) is 0 Å². The Hall–Kier alpha value is -2.25. The molecule has 0 aromatic heterocycles. The van der Waals surface area contributed by atoms with Gasteiger partial charge in [0.25, 0.3) is 0 Å². The van der Waals surface area contributed by atoms with Gasteiger partial charge in [-0.15, -0.1) is 0 Å². The second-order valence-corrected chi connectivity index (χ2v) is 8.08. The fourth-order valence-corrected chi connectivity index (χ4v) is 4.92. The molecule has 0 spiro atoms. The number of hydrogen-bond donors (Lipinski definition) is 1. The predicted molar refractivity (Wildman–Crippen MR) is 96.5 cm³/mol. The molecule has 1 aliphatic heterocycles. The Balaban J connectivity index is 2.01. The Morgan fingerprint density at radius 3 is 2.58 bits per heavy atom. The summed E-state index contributed by atoms with van der Waals surface area (Å²) in [6.45, 7) is 2.58. The number of benzene rings is 2. The number of fused-ring (bicyclic) bond motifs is 1. The Bertz CT molecular complexity index is 897. The molecule has 0 radical (unpaired) electrons. The largest absolute Gasteiger partial charge is 0.356 e. The number of nitrogens with one attached hydrogen (secondary N) is 1. The average molecular weight is 376 g/mol. The molecule has 138 valence electrons. The maximum atomic E-state index is 13.2. The van der Waals surface area contributed by atoms with E-state index in [0.29, 0.717) is 13.0 Å². The Labute approximate surface area is 152 Å². The van der Waals surface area contributed by atoms with Crippen molar-refractivity contribution in [3.05, 3.63) is 65.5 Å². The fraction of sp³-hybridized carbons (Fsp3) is 0.316. The highest BCUT2D eigenvalue weighted by Gasteiger charge is 2.37. The fourth-order valence-electron chi connectivity index (χ4n) is 3.31. The number of sulfonamides is 1. The van der Waals surface area contributed by atoms with Crippen molar-refractivity contribution in [1.29, 1.82) is 0 Å². The van der Waals surface area contributed by atoms with Gasteiger partial charge < -0.3 is 5.32 Å². The van der Waals surface area contributed by atoms with Crippen LogP contribution in [0.3, 0.4) is 0 Å². The van der Waals surface area contributed by atoms with E-state index in [1.807, 2.05) is 31.2 Å². The van der Waals surface area contributed by atoms with Crippen LogP contribution >= 0.6 is 0 Å². The number of amides is 1. The molecule has 1 amide bonds. The molecule has 1 atom stereocenters. The highest BCUT2D eigenvalue weighted by molar-refractivity contribution is 7.89. The lowest BCUT2D eigenvalue weighted by atomic mass is 9.92. The zero-order chi connectivity index (χ0) is 18.7. The summed E-state index contributed by atoms with van der Waals surface area (Å²) in [6.07, 6.45) is 0.619. The molecular weight excluding hydrogens is 355 g/mol. The number of carbonyl (C=O) groups excluding carboxylic acids is 1. The molecule has 0 saturated carbocycles. The van der Waals surface area contributed by atoms with Gasteiger partial charge >= 0.3 is 0 Å². The van der Waals surface area contributed by atoms with E-state index in [2.05, 4.69) is 5.32 Å². The van der Waals surface area contributed by atoms with E-state index < -0.39 is 21.9 Å². The molecule has 0 saturated heterocycles. The van der Waals surface area contributed by atoms with Gasteiger partial charge in [0, 0.05) is 19.5 Å². The zero-order valence-electron chi connectivity index (χ0n) is 14.5. The van der Waals surface area contributed by atoms with Crippen LogP contribution in [0.1, 0.15) is 30.5 Å². The molecule has 5 nitrogen and oxygen atoms in total. The summed E-state index contributed by atoms with van der Waals surface area (Å²) in [5.74, 6) is -0.694. The monoisotopic (exact) mass is 376 g/mol. The SMILES string of the molecule is CCNC(=O)CC1c2ccccc2CCN1S(=O)(=O)c1ccc(F)cc1. The summed E-state index contributed by atoms with van der Waals surface area (Å²) in [7, 11) is -3.84. The molecule has 2 aromatic rings. The third-order valence-corrected chi connectivity index (χ3v) is 6.46. The summed E-state index contributed by atoms with van der Waals surface area (Å²) in [4.78, 5) is 12.2. The summed E-state index contributed by atoms with van der Waals surface area (Å²) < 4.78 is 40.8. The first kappa shape index (κ1) is 18.5. The second kappa shape index (κ2) is 7.55. The van der Waals surface area contributed by atoms with Gasteiger partial charge in [-0.1, -0.05) is 24.3 Å². The molecule has 1 unspecified atom stereocenters. The van der Waals surface area contributed by atoms with Crippen LogP contribution in [0.2, 0.25) is 0 Å². The summed E-state index contributed by atoms with van der Waals surface area (Å²) in [6, 6.07) is 11.8. The molecule has 3 rings (SSSR count). The number of rotatable bonds is 5. The van der Waals surface area contributed by atoms with E-state index in [4.69, 9.17) is 0 Å². The molecule has 1 aliphatic rings. The van der Waals surface area contributed by atoms with Gasteiger partial charge in [0.1, 0.15) is 5.82 Å². The van der Waals surface area contributed by atoms with E-state index in [1.54, 1.807) is 0 Å². The molecule has 26 heavy (non-hydrogen) atoms. The first-order valence-electron chi connectivity index (χ1n) is 8.55. The maximum absolute atomic E-state index is 13.2. The minimum atomic E-state index is -3.84. The van der Waals surface area contributed by atoms with Gasteiger partial charge in [-0.3, -0.25) is 4.79 Å². The lowest BCUT2D eigenvalue weighted by molar-refractivity contribution is -0.121. The summed E-state index contributed by atoms with van der Waals surface area (Å²) in [5, 5.41) is 2.73. The van der Waals surface area contributed by atoms with Crippen molar-refractivity contribution in [1.82, 2.24) is 9.62 Å². The van der Waals surface area contributed by atoms with Crippen LogP contribution in [0.5, 0.6) is 0 Å². The van der Waals surface area contributed by atoms with E-state index in [1.165, 1.54) is 16.4 Å². The van der Waals surface area contributed by atoms with E-state index in [9.17, 15) is 17.6 Å². The normalized spacial score (nSPS) is 17.5. The Morgan fingerprint density at radius 1 is 1.19 bits per heavy atom. The van der Waals surface area contributed by atoms with Gasteiger partial charge in [-0.25, -0.2) is 12.8 Å². The zero-order valence-corrected chi connectivity index (χ0v) is 15.3. The smallest absolute Gasteiger partial charge is 0.243 e.